The molecule has 0 aliphatic heterocycles. The lowest BCUT2D eigenvalue weighted by Crippen LogP contribution is -2.02. The molecule has 0 atom stereocenters. The number of rotatable bonds is 4. The van der Waals surface area contributed by atoms with E-state index >= 15 is 0 Å². The molecule has 1 aromatic rings. The highest BCUT2D eigenvalue weighted by Gasteiger charge is 2.10. The topological polar surface area (TPSA) is 18.5 Å². The van der Waals surface area contributed by atoms with Gasteiger partial charge in [-0.05, 0) is 57.3 Å². The maximum absolute atomic E-state index is 5.56. The van der Waals surface area contributed by atoms with Gasteiger partial charge in [-0.3, -0.25) is 0 Å². The summed E-state index contributed by atoms with van der Waals surface area (Å²) in [5.41, 5.74) is 0. The standard InChI is InChI=1S/C9H9ClI2O2/c1-13-8-5-6(11)4-7(12)9(8)14-3-2-10/h4-5H,2-3H2,1H3. The van der Waals surface area contributed by atoms with Gasteiger partial charge in [-0.1, -0.05) is 0 Å². The van der Waals surface area contributed by atoms with E-state index in [2.05, 4.69) is 45.2 Å². The molecule has 1 aromatic carbocycles. The first-order valence-electron chi connectivity index (χ1n) is 3.91. The fourth-order valence-corrected chi connectivity index (χ4v) is 2.99. The molecule has 14 heavy (non-hydrogen) atoms. The highest BCUT2D eigenvalue weighted by atomic mass is 127. The van der Waals surface area contributed by atoms with Crippen LogP contribution in [0.5, 0.6) is 11.5 Å². The molecule has 0 aliphatic rings. The Labute approximate surface area is 116 Å². The maximum atomic E-state index is 5.56. The zero-order valence-electron chi connectivity index (χ0n) is 7.52. The third-order valence-corrected chi connectivity index (χ3v) is 3.10. The molecule has 0 unspecified atom stereocenters. The zero-order valence-corrected chi connectivity index (χ0v) is 12.6. The van der Waals surface area contributed by atoms with Gasteiger partial charge >= 0.3 is 0 Å². The summed E-state index contributed by atoms with van der Waals surface area (Å²) in [6, 6.07) is 3.97. The van der Waals surface area contributed by atoms with Gasteiger partial charge in [0.15, 0.2) is 11.5 Å². The van der Waals surface area contributed by atoms with Gasteiger partial charge in [-0.25, -0.2) is 0 Å². The molecule has 2 nitrogen and oxygen atoms in total. The summed E-state index contributed by atoms with van der Waals surface area (Å²) in [5, 5.41) is 0. The van der Waals surface area contributed by atoms with Crippen molar-refractivity contribution in [2.24, 2.45) is 0 Å². The first kappa shape index (κ1) is 12.6. The van der Waals surface area contributed by atoms with Gasteiger partial charge in [0.25, 0.3) is 0 Å². The normalized spacial score (nSPS) is 10.0. The number of halogens is 3. The third-order valence-electron chi connectivity index (χ3n) is 1.52. The Kier molecular flexibility index (Phi) is 5.61. The summed E-state index contributed by atoms with van der Waals surface area (Å²) < 4.78 is 12.9. The Bertz CT molecular complexity index is 318. The average molecular weight is 438 g/mol. The largest absolute Gasteiger partial charge is 0.493 e. The minimum Gasteiger partial charge on any atom is -0.493 e. The molecular weight excluding hydrogens is 429 g/mol. The summed E-state index contributed by atoms with van der Waals surface area (Å²) in [6.45, 7) is 0.495. The molecular formula is C9H9ClI2O2. The number of alkyl halides is 1. The smallest absolute Gasteiger partial charge is 0.174 e. The van der Waals surface area contributed by atoms with Crippen molar-refractivity contribution in [1.82, 2.24) is 0 Å². The highest BCUT2D eigenvalue weighted by molar-refractivity contribution is 14.1. The fourth-order valence-electron chi connectivity index (χ4n) is 0.969. The van der Waals surface area contributed by atoms with Crippen LogP contribution in [0.2, 0.25) is 0 Å². The molecule has 0 saturated heterocycles. The molecule has 1 rings (SSSR count). The number of methoxy groups -OCH3 is 1. The lowest BCUT2D eigenvalue weighted by atomic mass is 10.3. The van der Waals surface area contributed by atoms with Crippen LogP contribution in [0.4, 0.5) is 0 Å². The van der Waals surface area contributed by atoms with Crippen LogP contribution in [0.25, 0.3) is 0 Å². The molecule has 0 bridgehead atoms. The van der Waals surface area contributed by atoms with E-state index in [9.17, 15) is 0 Å². The van der Waals surface area contributed by atoms with Crippen LogP contribution in [0.15, 0.2) is 12.1 Å². The fraction of sp³-hybridized carbons (Fsp3) is 0.333. The van der Waals surface area contributed by atoms with Crippen LogP contribution < -0.4 is 9.47 Å². The van der Waals surface area contributed by atoms with Crippen LogP contribution in [-0.4, -0.2) is 19.6 Å². The van der Waals surface area contributed by atoms with Crippen LogP contribution in [0, 0.1) is 7.14 Å². The summed E-state index contributed by atoms with van der Waals surface area (Å²) in [5.74, 6) is 2.01. The molecule has 78 valence electrons. The van der Waals surface area contributed by atoms with E-state index in [4.69, 9.17) is 21.1 Å². The van der Waals surface area contributed by atoms with E-state index in [0.717, 1.165) is 18.6 Å². The molecule has 0 aliphatic carbocycles. The van der Waals surface area contributed by atoms with Crippen LogP contribution in [0.1, 0.15) is 0 Å². The Hall–Kier alpha value is 0.570. The van der Waals surface area contributed by atoms with Crippen LogP contribution in [-0.2, 0) is 0 Å². The molecule has 0 N–H and O–H groups in total. The Morgan fingerprint density at radius 2 is 2.07 bits per heavy atom. The summed E-state index contributed by atoms with van der Waals surface area (Å²) in [6.07, 6.45) is 0. The third kappa shape index (κ3) is 3.30. The molecule has 0 radical (unpaired) electrons. The second-order valence-electron chi connectivity index (χ2n) is 2.46. The lowest BCUT2D eigenvalue weighted by molar-refractivity contribution is 0.310. The molecule has 0 saturated carbocycles. The number of benzene rings is 1. The van der Waals surface area contributed by atoms with Gasteiger partial charge in [-0.2, -0.15) is 0 Å². The monoisotopic (exact) mass is 438 g/mol. The highest BCUT2D eigenvalue weighted by Crippen LogP contribution is 2.34. The average Bonchev–Trinajstić information content (AvgIpc) is 2.15. The summed E-state index contributed by atoms with van der Waals surface area (Å²) in [4.78, 5) is 0. The van der Waals surface area contributed by atoms with Crippen molar-refractivity contribution in [3.63, 3.8) is 0 Å². The summed E-state index contributed by atoms with van der Waals surface area (Å²) in [7, 11) is 1.63. The summed E-state index contributed by atoms with van der Waals surface area (Å²) >= 11 is 10.0. The van der Waals surface area contributed by atoms with Crippen molar-refractivity contribution in [2.75, 3.05) is 19.6 Å². The number of hydrogen-bond donors (Lipinski definition) is 0. The van der Waals surface area contributed by atoms with E-state index in [1.165, 1.54) is 0 Å². The van der Waals surface area contributed by atoms with Crippen molar-refractivity contribution in [1.29, 1.82) is 0 Å². The molecule has 0 heterocycles. The molecule has 0 amide bonds. The molecule has 0 fully saturated rings. The Morgan fingerprint density at radius 3 is 2.64 bits per heavy atom. The van der Waals surface area contributed by atoms with Gasteiger partial charge in [0.2, 0.25) is 0 Å². The zero-order chi connectivity index (χ0) is 10.6. The van der Waals surface area contributed by atoms with E-state index in [1.807, 2.05) is 12.1 Å². The lowest BCUT2D eigenvalue weighted by Gasteiger charge is -2.11. The van der Waals surface area contributed by atoms with Gasteiger partial charge in [0.05, 0.1) is 16.6 Å². The predicted molar refractivity (Wildman–Crippen MR) is 74.6 cm³/mol. The van der Waals surface area contributed by atoms with Crippen LogP contribution >= 0.6 is 56.8 Å². The number of hydrogen-bond acceptors (Lipinski definition) is 2. The SMILES string of the molecule is COc1cc(I)cc(I)c1OCCCl. The minimum absolute atomic E-state index is 0.477. The van der Waals surface area contributed by atoms with Crippen molar-refractivity contribution in [3.8, 4) is 11.5 Å². The van der Waals surface area contributed by atoms with E-state index in [1.54, 1.807) is 7.11 Å². The van der Waals surface area contributed by atoms with Crippen molar-refractivity contribution < 1.29 is 9.47 Å². The van der Waals surface area contributed by atoms with Gasteiger partial charge in [-0.15, -0.1) is 11.6 Å². The van der Waals surface area contributed by atoms with Crippen LogP contribution in [0.3, 0.4) is 0 Å². The van der Waals surface area contributed by atoms with Gasteiger partial charge in [0.1, 0.15) is 6.61 Å². The molecule has 0 spiro atoms. The maximum Gasteiger partial charge on any atom is 0.174 e. The molecule has 5 heteroatoms. The second kappa shape index (κ2) is 6.22. The first-order valence-corrected chi connectivity index (χ1v) is 6.60. The quantitative estimate of drug-likeness (QED) is 0.529. The van der Waals surface area contributed by atoms with Crippen molar-refractivity contribution in [2.45, 2.75) is 0 Å². The Balaban J connectivity index is 2.99. The van der Waals surface area contributed by atoms with Gasteiger partial charge < -0.3 is 9.47 Å². The van der Waals surface area contributed by atoms with E-state index in [0.29, 0.717) is 12.5 Å². The second-order valence-corrected chi connectivity index (χ2v) is 5.24. The van der Waals surface area contributed by atoms with Crippen molar-refractivity contribution >= 4 is 56.8 Å². The van der Waals surface area contributed by atoms with E-state index < -0.39 is 0 Å². The van der Waals surface area contributed by atoms with E-state index in [-0.39, 0.29) is 0 Å². The van der Waals surface area contributed by atoms with Gasteiger partial charge in [0, 0.05) is 3.57 Å². The predicted octanol–water partition coefficient (Wildman–Crippen LogP) is 3.52. The minimum atomic E-state index is 0.477. The first-order chi connectivity index (χ1) is 6.69. The Morgan fingerprint density at radius 1 is 1.36 bits per heavy atom. The molecule has 0 aromatic heterocycles. The number of ether oxygens (including phenoxy) is 2. The van der Waals surface area contributed by atoms with Crippen molar-refractivity contribution in [3.05, 3.63) is 19.3 Å².